The standard InChI is InChI=1S/C21H30N2O2/c1-14(2)18(12-15-6-4-3-5-7-15)19-13-20(19)22-16-8-10-17(11-9-16)23-21(24)25/h3-7,12,14,16-17,19-20,22-23H,8-11,13H2,1-2H3,(H,24,25)/b18-12+/t16-,17-,19?,20?. The van der Waals surface area contributed by atoms with E-state index in [4.69, 9.17) is 5.11 Å². The number of rotatable bonds is 6. The van der Waals surface area contributed by atoms with Crippen LogP contribution in [0.15, 0.2) is 35.9 Å². The molecule has 0 heterocycles. The van der Waals surface area contributed by atoms with Gasteiger partial charge in [-0.15, -0.1) is 0 Å². The van der Waals surface area contributed by atoms with Crippen LogP contribution in [0.5, 0.6) is 0 Å². The second kappa shape index (κ2) is 8.05. The Morgan fingerprint density at radius 2 is 1.76 bits per heavy atom. The van der Waals surface area contributed by atoms with Crippen molar-refractivity contribution in [1.29, 1.82) is 0 Å². The lowest BCUT2D eigenvalue weighted by molar-refractivity contribution is 0.183. The van der Waals surface area contributed by atoms with Gasteiger partial charge in [-0.1, -0.05) is 55.8 Å². The van der Waals surface area contributed by atoms with Gasteiger partial charge in [0.05, 0.1) is 0 Å². The van der Waals surface area contributed by atoms with Gasteiger partial charge in [0, 0.05) is 18.1 Å². The van der Waals surface area contributed by atoms with Crippen molar-refractivity contribution in [2.24, 2.45) is 11.8 Å². The van der Waals surface area contributed by atoms with Crippen LogP contribution in [-0.2, 0) is 0 Å². The summed E-state index contributed by atoms with van der Waals surface area (Å²) in [6, 6.07) is 11.8. The quantitative estimate of drug-likeness (QED) is 0.723. The molecular weight excluding hydrogens is 312 g/mol. The monoisotopic (exact) mass is 342 g/mol. The molecule has 2 saturated carbocycles. The maximum absolute atomic E-state index is 10.7. The minimum Gasteiger partial charge on any atom is -0.465 e. The van der Waals surface area contributed by atoms with Crippen LogP contribution in [0.2, 0.25) is 0 Å². The molecule has 4 heteroatoms. The van der Waals surface area contributed by atoms with Gasteiger partial charge >= 0.3 is 6.09 Å². The Labute approximate surface area is 150 Å². The molecule has 2 unspecified atom stereocenters. The number of nitrogens with one attached hydrogen (secondary N) is 2. The van der Waals surface area contributed by atoms with Gasteiger partial charge in [0.25, 0.3) is 0 Å². The minimum absolute atomic E-state index is 0.134. The molecule has 3 N–H and O–H groups in total. The first-order valence-corrected chi connectivity index (χ1v) is 9.55. The lowest BCUT2D eigenvalue weighted by Crippen LogP contribution is -2.42. The average Bonchev–Trinajstić information content (AvgIpc) is 3.33. The molecule has 2 fully saturated rings. The summed E-state index contributed by atoms with van der Waals surface area (Å²) in [7, 11) is 0. The van der Waals surface area contributed by atoms with Crippen LogP contribution in [0.4, 0.5) is 4.79 Å². The molecular formula is C21H30N2O2. The zero-order valence-corrected chi connectivity index (χ0v) is 15.2. The van der Waals surface area contributed by atoms with Gasteiger partial charge in [-0.25, -0.2) is 4.79 Å². The molecule has 0 saturated heterocycles. The highest BCUT2D eigenvalue weighted by molar-refractivity contribution is 5.64. The topological polar surface area (TPSA) is 61.4 Å². The summed E-state index contributed by atoms with van der Waals surface area (Å²) in [6.45, 7) is 4.57. The Kier molecular flexibility index (Phi) is 5.79. The molecule has 25 heavy (non-hydrogen) atoms. The van der Waals surface area contributed by atoms with Crippen molar-refractivity contribution in [3.05, 3.63) is 41.5 Å². The predicted octanol–water partition coefficient (Wildman–Crippen LogP) is 4.28. The first-order chi connectivity index (χ1) is 12.0. The summed E-state index contributed by atoms with van der Waals surface area (Å²) >= 11 is 0. The summed E-state index contributed by atoms with van der Waals surface area (Å²) in [5.74, 6) is 1.21. The first-order valence-electron chi connectivity index (χ1n) is 9.55. The van der Waals surface area contributed by atoms with Crippen molar-refractivity contribution >= 4 is 12.2 Å². The number of amides is 1. The fourth-order valence-corrected chi connectivity index (χ4v) is 4.07. The van der Waals surface area contributed by atoms with Crippen molar-refractivity contribution in [3.63, 3.8) is 0 Å². The molecule has 2 atom stereocenters. The van der Waals surface area contributed by atoms with E-state index in [9.17, 15) is 4.79 Å². The van der Waals surface area contributed by atoms with Gasteiger partial charge in [-0.2, -0.15) is 0 Å². The van der Waals surface area contributed by atoms with E-state index in [0.717, 1.165) is 25.7 Å². The average molecular weight is 342 g/mol. The Hall–Kier alpha value is -1.81. The number of carboxylic acid groups (broad SMARTS) is 1. The molecule has 1 amide bonds. The molecule has 136 valence electrons. The van der Waals surface area contributed by atoms with Gasteiger partial charge < -0.3 is 15.7 Å². The lowest BCUT2D eigenvalue weighted by atomic mass is 9.91. The molecule has 3 rings (SSSR count). The summed E-state index contributed by atoms with van der Waals surface area (Å²) in [4.78, 5) is 10.7. The fraction of sp³-hybridized carbons (Fsp3) is 0.571. The van der Waals surface area contributed by atoms with Crippen molar-refractivity contribution < 1.29 is 9.90 Å². The first kappa shape index (κ1) is 18.0. The van der Waals surface area contributed by atoms with Crippen LogP contribution in [-0.4, -0.2) is 29.3 Å². The van der Waals surface area contributed by atoms with E-state index < -0.39 is 6.09 Å². The maximum atomic E-state index is 10.7. The van der Waals surface area contributed by atoms with E-state index in [1.807, 2.05) is 0 Å². The Morgan fingerprint density at radius 1 is 1.12 bits per heavy atom. The van der Waals surface area contributed by atoms with Crippen LogP contribution in [0, 0.1) is 11.8 Å². The van der Waals surface area contributed by atoms with Crippen molar-refractivity contribution in [3.8, 4) is 0 Å². The van der Waals surface area contributed by atoms with E-state index in [-0.39, 0.29) is 6.04 Å². The Morgan fingerprint density at radius 3 is 2.36 bits per heavy atom. The predicted molar refractivity (Wildman–Crippen MR) is 101 cm³/mol. The highest BCUT2D eigenvalue weighted by Gasteiger charge is 2.41. The fourth-order valence-electron chi connectivity index (χ4n) is 4.07. The molecule has 0 spiro atoms. The summed E-state index contributed by atoms with van der Waals surface area (Å²) in [5, 5.41) is 15.3. The van der Waals surface area contributed by atoms with Crippen LogP contribution >= 0.6 is 0 Å². The summed E-state index contributed by atoms with van der Waals surface area (Å²) < 4.78 is 0. The van der Waals surface area contributed by atoms with E-state index in [1.54, 1.807) is 5.57 Å². The van der Waals surface area contributed by atoms with Crippen LogP contribution in [0.25, 0.3) is 6.08 Å². The molecule has 0 aliphatic heterocycles. The van der Waals surface area contributed by atoms with Gasteiger partial charge in [0.15, 0.2) is 0 Å². The highest BCUT2D eigenvalue weighted by Crippen LogP contribution is 2.42. The molecule has 4 nitrogen and oxygen atoms in total. The number of hydrogen-bond acceptors (Lipinski definition) is 2. The van der Waals surface area contributed by atoms with Gasteiger partial charge in [-0.3, -0.25) is 0 Å². The Balaban J connectivity index is 1.52. The third-order valence-corrected chi connectivity index (χ3v) is 5.52. The molecule has 2 aliphatic carbocycles. The van der Waals surface area contributed by atoms with Gasteiger partial charge in [-0.05, 0) is 49.5 Å². The van der Waals surface area contributed by atoms with Crippen LogP contribution in [0.3, 0.4) is 0 Å². The highest BCUT2D eigenvalue weighted by atomic mass is 16.4. The minimum atomic E-state index is -0.897. The third-order valence-electron chi connectivity index (χ3n) is 5.52. The lowest BCUT2D eigenvalue weighted by Gasteiger charge is -2.29. The van der Waals surface area contributed by atoms with Gasteiger partial charge in [0.1, 0.15) is 0 Å². The zero-order chi connectivity index (χ0) is 17.8. The molecule has 1 aromatic rings. The van der Waals surface area contributed by atoms with E-state index >= 15 is 0 Å². The van der Waals surface area contributed by atoms with Crippen molar-refractivity contribution in [2.45, 2.75) is 64.1 Å². The van der Waals surface area contributed by atoms with E-state index in [1.165, 1.54) is 12.0 Å². The second-order valence-corrected chi connectivity index (χ2v) is 7.82. The van der Waals surface area contributed by atoms with E-state index in [2.05, 4.69) is 60.9 Å². The van der Waals surface area contributed by atoms with Crippen molar-refractivity contribution in [2.75, 3.05) is 0 Å². The molecule has 2 aliphatic rings. The number of hydrogen-bond donors (Lipinski definition) is 3. The largest absolute Gasteiger partial charge is 0.465 e. The van der Waals surface area contributed by atoms with Gasteiger partial charge in [0.2, 0.25) is 0 Å². The SMILES string of the molecule is CC(C)/C(=C\c1ccccc1)C1CC1N[C@H]1CC[C@H](NC(=O)O)CC1. The zero-order valence-electron chi connectivity index (χ0n) is 15.2. The smallest absolute Gasteiger partial charge is 0.404 e. The number of carbonyl (C=O) groups is 1. The summed E-state index contributed by atoms with van der Waals surface area (Å²) in [6.07, 6.45) is 6.71. The van der Waals surface area contributed by atoms with E-state index in [0.29, 0.717) is 23.9 Å². The van der Waals surface area contributed by atoms with Crippen molar-refractivity contribution in [1.82, 2.24) is 10.6 Å². The molecule has 0 radical (unpaired) electrons. The maximum Gasteiger partial charge on any atom is 0.404 e. The second-order valence-electron chi connectivity index (χ2n) is 7.82. The molecule has 0 bridgehead atoms. The third kappa shape index (κ3) is 5.08. The normalized spacial score (nSPS) is 29.5. The van der Waals surface area contributed by atoms with Crippen LogP contribution in [0.1, 0.15) is 51.5 Å². The Bertz CT molecular complexity index is 604. The number of benzene rings is 1. The molecule has 1 aromatic carbocycles. The summed E-state index contributed by atoms with van der Waals surface area (Å²) in [5.41, 5.74) is 2.84. The van der Waals surface area contributed by atoms with Crippen LogP contribution < -0.4 is 10.6 Å². The molecule has 0 aromatic heterocycles.